The van der Waals surface area contributed by atoms with Crippen LogP contribution in [0.15, 0.2) is 30.5 Å². The zero-order chi connectivity index (χ0) is 12.3. The van der Waals surface area contributed by atoms with E-state index in [2.05, 4.69) is 10.3 Å². The number of hydrogen-bond acceptors (Lipinski definition) is 1. The van der Waals surface area contributed by atoms with Gasteiger partial charge in [0.1, 0.15) is 0 Å². The van der Waals surface area contributed by atoms with E-state index in [1.54, 1.807) is 0 Å². The standard InChI is InChI=1S/C12H13F3N2/c13-12(14,15)8-16-6-5-9-7-17-11-4-2-1-3-10(9)11/h1-4,7,16-17H,5-6,8H2. The summed E-state index contributed by atoms with van der Waals surface area (Å²) in [6.07, 6.45) is -1.71. The molecular weight excluding hydrogens is 229 g/mol. The Morgan fingerprint density at radius 2 is 1.94 bits per heavy atom. The first-order valence-electron chi connectivity index (χ1n) is 5.39. The number of H-pyrrole nitrogens is 1. The molecule has 0 aliphatic heterocycles. The summed E-state index contributed by atoms with van der Waals surface area (Å²) in [6.45, 7) is -0.614. The molecule has 0 amide bonds. The molecule has 0 aliphatic carbocycles. The third-order valence-electron chi connectivity index (χ3n) is 2.57. The van der Waals surface area contributed by atoms with Gasteiger partial charge in [0.2, 0.25) is 0 Å². The fourth-order valence-corrected chi connectivity index (χ4v) is 1.79. The summed E-state index contributed by atoms with van der Waals surface area (Å²) in [6, 6.07) is 7.75. The fraction of sp³-hybridized carbons (Fsp3) is 0.333. The van der Waals surface area contributed by atoms with Gasteiger partial charge in [-0.1, -0.05) is 18.2 Å². The Kier molecular flexibility index (Phi) is 3.38. The molecule has 0 atom stereocenters. The lowest BCUT2D eigenvalue weighted by Crippen LogP contribution is -2.30. The molecule has 5 heteroatoms. The molecule has 1 aromatic heterocycles. The molecule has 0 unspecified atom stereocenters. The minimum atomic E-state index is -4.14. The number of para-hydroxylation sites is 1. The number of halogens is 3. The zero-order valence-electron chi connectivity index (χ0n) is 9.14. The summed E-state index contributed by atoms with van der Waals surface area (Å²) in [4.78, 5) is 3.10. The van der Waals surface area contributed by atoms with Gasteiger partial charge < -0.3 is 10.3 Å². The van der Waals surface area contributed by atoms with Crippen molar-refractivity contribution < 1.29 is 13.2 Å². The Hall–Kier alpha value is -1.49. The molecule has 0 saturated heterocycles. The summed E-state index contributed by atoms with van der Waals surface area (Å²) in [5.74, 6) is 0. The van der Waals surface area contributed by atoms with Crippen LogP contribution in [0.25, 0.3) is 10.9 Å². The molecule has 1 heterocycles. The lowest BCUT2D eigenvalue weighted by Gasteiger charge is -2.07. The van der Waals surface area contributed by atoms with E-state index >= 15 is 0 Å². The zero-order valence-corrected chi connectivity index (χ0v) is 9.14. The summed E-state index contributed by atoms with van der Waals surface area (Å²) in [5.41, 5.74) is 2.05. The Morgan fingerprint density at radius 3 is 2.71 bits per heavy atom. The van der Waals surface area contributed by atoms with E-state index in [4.69, 9.17) is 0 Å². The number of aromatic nitrogens is 1. The average molecular weight is 242 g/mol. The summed E-state index contributed by atoms with van der Waals surface area (Å²) in [7, 11) is 0. The van der Waals surface area contributed by atoms with Crippen LogP contribution >= 0.6 is 0 Å². The maximum atomic E-state index is 11.9. The lowest BCUT2D eigenvalue weighted by atomic mass is 10.1. The number of nitrogens with one attached hydrogen (secondary N) is 2. The molecule has 0 aliphatic rings. The van der Waals surface area contributed by atoms with Crippen LogP contribution in [0.1, 0.15) is 5.56 Å². The Balaban J connectivity index is 1.91. The Labute approximate surface area is 96.8 Å². The van der Waals surface area contributed by atoms with Crippen LogP contribution in [-0.4, -0.2) is 24.2 Å². The third-order valence-corrected chi connectivity index (χ3v) is 2.57. The van der Waals surface area contributed by atoms with Crippen LogP contribution in [-0.2, 0) is 6.42 Å². The molecule has 1 aromatic carbocycles. The molecule has 2 rings (SSSR count). The Bertz CT molecular complexity index is 488. The number of alkyl halides is 3. The third kappa shape index (κ3) is 3.23. The van der Waals surface area contributed by atoms with Crippen LogP contribution in [0.3, 0.4) is 0 Å². The molecule has 17 heavy (non-hydrogen) atoms. The van der Waals surface area contributed by atoms with Gasteiger partial charge in [0.25, 0.3) is 0 Å². The molecular formula is C12H13F3N2. The fourth-order valence-electron chi connectivity index (χ4n) is 1.79. The minimum absolute atomic E-state index is 0.321. The van der Waals surface area contributed by atoms with E-state index in [1.807, 2.05) is 30.5 Å². The van der Waals surface area contributed by atoms with Crippen molar-refractivity contribution in [3.63, 3.8) is 0 Å². The largest absolute Gasteiger partial charge is 0.401 e. The van der Waals surface area contributed by atoms with Crippen LogP contribution < -0.4 is 5.32 Å². The summed E-state index contributed by atoms with van der Waals surface area (Å²) in [5, 5.41) is 3.46. The minimum Gasteiger partial charge on any atom is -0.361 e. The molecule has 92 valence electrons. The number of fused-ring (bicyclic) bond motifs is 1. The number of rotatable bonds is 4. The highest BCUT2D eigenvalue weighted by Gasteiger charge is 2.25. The van der Waals surface area contributed by atoms with Crippen molar-refractivity contribution in [1.82, 2.24) is 10.3 Å². The highest BCUT2D eigenvalue weighted by molar-refractivity contribution is 5.83. The first-order chi connectivity index (χ1) is 8.06. The molecule has 0 bridgehead atoms. The summed E-state index contributed by atoms with van der Waals surface area (Å²) < 4.78 is 35.7. The normalized spacial score (nSPS) is 12.2. The van der Waals surface area contributed by atoms with Gasteiger partial charge in [-0.05, 0) is 24.6 Å². The number of hydrogen-bond donors (Lipinski definition) is 2. The molecule has 0 spiro atoms. The Morgan fingerprint density at radius 1 is 1.18 bits per heavy atom. The van der Waals surface area contributed by atoms with Crippen molar-refractivity contribution in [3.8, 4) is 0 Å². The van der Waals surface area contributed by atoms with Crippen molar-refractivity contribution in [2.45, 2.75) is 12.6 Å². The van der Waals surface area contributed by atoms with E-state index < -0.39 is 12.7 Å². The van der Waals surface area contributed by atoms with E-state index in [9.17, 15) is 13.2 Å². The predicted molar refractivity (Wildman–Crippen MR) is 60.9 cm³/mol. The van der Waals surface area contributed by atoms with E-state index in [0.717, 1.165) is 16.5 Å². The van der Waals surface area contributed by atoms with Gasteiger partial charge in [-0.15, -0.1) is 0 Å². The second kappa shape index (κ2) is 4.79. The van der Waals surface area contributed by atoms with Gasteiger partial charge in [-0.2, -0.15) is 13.2 Å². The molecule has 0 saturated carbocycles. The average Bonchev–Trinajstić information content (AvgIpc) is 2.67. The SMILES string of the molecule is FC(F)(F)CNCCc1c[nH]c2ccccc12. The van der Waals surface area contributed by atoms with Crippen molar-refractivity contribution in [3.05, 3.63) is 36.0 Å². The van der Waals surface area contributed by atoms with Gasteiger partial charge in [-0.25, -0.2) is 0 Å². The van der Waals surface area contributed by atoms with E-state index in [1.165, 1.54) is 0 Å². The van der Waals surface area contributed by atoms with E-state index in [0.29, 0.717) is 13.0 Å². The maximum Gasteiger partial charge on any atom is 0.401 e. The van der Waals surface area contributed by atoms with Gasteiger partial charge in [-0.3, -0.25) is 0 Å². The number of aromatic amines is 1. The molecule has 2 N–H and O–H groups in total. The molecule has 2 aromatic rings. The summed E-state index contributed by atoms with van der Waals surface area (Å²) >= 11 is 0. The van der Waals surface area contributed by atoms with Gasteiger partial charge in [0.15, 0.2) is 0 Å². The van der Waals surface area contributed by atoms with Gasteiger partial charge in [0, 0.05) is 17.1 Å². The van der Waals surface area contributed by atoms with Crippen molar-refractivity contribution >= 4 is 10.9 Å². The van der Waals surface area contributed by atoms with Crippen LogP contribution in [0.2, 0.25) is 0 Å². The van der Waals surface area contributed by atoms with Gasteiger partial charge in [0.05, 0.1) is 6.54 Å². The highest BCUT2D eigenvalue weighted by atomic mass is 19.4. The molecule has 2 nitrogen and oxygen atoms in total. The van der Waals surface area contributed by atoms with Crippen LogP contribution in [0.5, 0.6) is 0 Å². The smallest absolute Gasteiger partial charge is 0.361 e. The first-order valence-corrected chi connectivity index (χ1v) is 5.39. The maximum absolute atomic E-state index is 11.9. The predicted octanol–water partition coefficient (Wildman–Crippen LogP) is 2.86. The molecule has 0 radical (unpaired) electrons. The monoisotopic (exact) mass is 242 g/mol. The second-order valence-electron chi connectivity index (χ2n) is 3.90. The first kappa shape index (κ1) is 12.0. The topological polar surface area (TPSA) is 27.8 Å². The lowest BCUT2D eigenvalue weighted by molar-refractivity contribution is -0.124. The highest BCUT2D eigenvalue weighted by Crippen LogP contribution is 2.18. The second-order valence-corrected chi connectivity index (χ2v) is 3.90. The van der Waals surface area contributed by atoms with Crippen molar-refractivity contribution in [1.29, 1.82) is 0 Å². The van der Waals surface area contributed by atoms with Gasteiger partial charge >= 0.3 is 6.18 Å². The number of benzene rings is 1. The van der Waals surface area contributed by atoms with Crippen molar-refractivity contribution in [2.75, 3.05) is 13.1 Å². The quantitative estimate of drug-likeness (QED) is 0.793. The van der Waals surface area contributed by atoms with Crippen LogP contribution in [0, 0.1) is 0 Å². The van der Waals surface area contributed by atoms with E-state index in [-0.39, 0.29) is 0 Å². The molecule has 0 fully saturated rings. The van der Waals surface area contributed by atoms with Crippen molar-refractivity contribution in [2.24, 2.45) is 0 Å². The van der Waals surface area contributed by atoms with Crippen LogP contribution in [0.4, 0.5) is 13.2 Å².